The number of halogens is 1. The van der Waals surface area contributed by atoms with Crippen molar-refractivity contribution in [3.8, 4) is 0 Å². The predicted octanol–water partition coefficient (Wildman–Crippen LogP) is 3.46. The molecule has 2 heterocycles. The number of carbonyl (C=O) groups excluding carboxylic acids is 2. The maximum Gasteiger partial charge on any atom is 0.231 e. The first kappa shape index (κ1) is 17.1. The monoisotopic (exact) mass is 373 g/mol. The molecule has 26 heavy (non-hydrogen) atoms. The number of rotatable bonds is 3. The zero-order chi connectivity index (χ0) is 18.3. The molecule has 2 aromatic rings. The highest BCUT2D eigenvalue weighted by Gasteiger charge is 2.35. The second-order valence-electron chi connectivity index (χ2n) is 6.92. The average molecular weight is 373 g/mol. The topological polar surface area (TPSA) is 62.3 Å². The maximum absolute atomic E-state index is 13.8. The van der Waals surface area contributed by atoms with E-state index in [1.54, 1.807) is 19.1 Å². The molecule has 5 nitrogen and oxygen atoms in total. The zero-order valence-electron chi connectivity index (χ0n) is 14.5. The molecule has 0 saturated carbocycles. The molecule has 1 fully saturated rings. The number of hydrogen-bond donors (Lipinski definition) is 1. The van der Waals surface area contributed by atoms with Gasteiger partial charge in [0, 0.05) is 23.5 Å². The standard InChI is InChI=1S/C19H20FN3O2S/c1-11-6-7-13(9-14(11)20)23-10-12(8-17(23)24)18(25)22-19-21-15-4-2-3-5-16(15)26-19/h6-7,9,12H,2-5,8,10H2,1H3,(H,21,22,25). The Kier molecular flexibility index (Phi) is 4.48. The van der Waals surface area contributed by atoms with E-state index in [9.17, 15) is 14.0 Å². The van der Waals surface area contributed by atoms with Gasteiger partial charge in [0.1, 0.15) is 5.82 Å². The number of fused-ring (bicyclic) bond motifs is 1. The predicted molar refractivity (Wildman–Crippen MR) is 99.0 cm³/mol. The van der Waals surface area contributed by atoms with Gasteiger partial charge in [0.05, 0.1) is 11.6 Å². The molecule has 4 rings (SSSR count). The van der Waals surface area contributed by atoms with Gasteiger partial charge >= 0.3 is 0 Å². The molecule has 1 saturated heterocycles. The Morgan fingerprint density at radius 1 is 1.35 bits per heavy atom. The molecule has 7 heteroatoms. The van der Waals surface area contributed by atoms with E-state index in [2.05, 4.69) is 10.3 Å². The number of nitrogens with one attached hydrogen (secondary N) is 1. The molecule has 1 aromatic heterocycles. The minimum Gasteiger partial charge on any atom is -0.311 e. The Morgan fingerprint density at radius 2 is 2.15 bits per heavy atom. The summed E-state index contributed by atoms with van der Waals surface area (Å²) in [5.74, 6) is -1.16. The first-order chi connectivity index (χ1) is 12.5. The highest BCUT2D eigenvalue weighted by molar-refractivity contribution is 7.15. The average Bonchev–Trinajstić information content (AvgIpc) is 3.20. The fourth-order valence-electron chi connectivity index (χ4n) is 3.50. The van der Waals surface area contributed by atoms with Gasteiger partial charge in [-0.1, -0.05) is 6.07 Å². The van der Waals surface area contributed by atoms with Crippen LogP contribution >= 0.6 is 11.3 Å². The van der Waals surface area contributed by atoms with Crippen molar-refractivity contribution in [3.05, 3.63) is 40.2 Å². The molecule has 0 bridgehead atoms. The van der Waals surface area contributed by atoms with Gasteiger partial charge in [-0.2, -0.15) is 0 Å². The number of hydrogen-bond acceptors (Lipinski definition) is 4. The summed E-state index contributed by atoms with van der Waals surface area (Å²) in [5, 5.41) is 3.49. The SMILES string of the molecule is Cc1ccc(N2CC(C(=O)Nc3nc4c(s3)CCCC4)CC2=O)cc1F. The molecule has 1 N–H and O–H groups in total. The molecule has 1 aliphatic carbocycles. The number of aromatic nitrogens is 1. The Labute approximate surface area is 155 Å². The quantitative estimate of drug-likeness (QED) is 0.896. The molecule has 2 aliphatic rings. The first-order valence-corrected chi connectivity index (χ1v) is 9.69. The normalized spacial score (nSPS) is 19.5. The van der Waals surface area contributed by atoms with Crippen LogP contribution in [0.1, 0.15) is 35.4 Å². The van der Waals surface area contributed by atoms with Gasteiger partial charge in [-0.05, 0) is 50.3 Å². The number of carbonyl (C=O) groups is 2. The number of aryl methyl sites for hydroxylation is 3. The van der Waals surface area contributed by atoms with Gasteiger partial charge in [-0.3, -0.25) is 9.59 Å². The van der Waals surface area contributed by atoms with E-state index in [0.29, 0.717) is 16.4 Å². The largest absolute Gasteiger partial charge is 0.311 e. The fourth-order valence-corrected chi connectivity index (χ4v) is 4.55. The van der Waals surface area contributed by atoms with E-state index in [4.69, 9.17) is 0 Å². The van der Waals surface area contributed by atoms with Crippen LogP contribution in [0, 0.1) is 18.7 Å². The van der Waals surface area contributed by atoms with Gasteiger partial charge in [0.25, 0.3) is 0 Å². The summed E-state index contributed by atoms with van der Waals surface area (Å²) < 4.78 is 13.8. The fraction of sp³-hybridized carbons (Fsp3) is 0.421. The van der Waals surface area contributed by atoms with Crippen molar-refractivity contribution in [2.75, 3.05) is 16.8 Å². The lowest BCUT2D eigenvalue weighted by molar-refractivity contribution is -0.122. The van der Waals surface area contributed by atoms with E-state index in [0.717, 1.165) is 25.0 Å². The van der Waals surface area contributed by atoms with Gasteiger partial charge in [-0.15, -0.1) is 11.3 Å². The van der Waals surface area contributed by atoms with E-state index < -0.39 is 5.92 Å². The molecule has 1 aromatic carbocycles. The van der Waals surface area contributed by atoms with Crippen LogP contribution in [0.4, 0.5) is 15.2 Å². The minimum atomic E-state index is -0.451. The maximum atomic E-state index is 13.8. The van der Waals surface area contributed by atoms with Gasteiger partial charge in [0.2, 0.25) is 11.8 Å². The van der Waals surface area contributed by atoms with Crippen LogP contribution in [-0.2, 0) is 22.4 Å². The van der Waals surface area contributed by atoms with E-state index >= 15 is 0 Å². The Bertz CT molecular complexity index is 856. The van der Waals surface area contributed by atoms with Crippen LogP contribution in [0.3, 0.4) is 0 Å². The van der Waals surface area contributed by atoms with Crippen molar-refractivity contribution < 1.29 is 14.0 Å². The molecular formula is C19H20FN3O2S. The summed E-state index contributed by atoms with van der Waals surface area (Å²) in [7, 11) is 0. The number of thiazole rings is 1. The smallest absolute Gasteiger partial charge is 0.231 e. The first-order valence-electron chi connectivity index (χ1n) is 8.87. The van der Waals surface area contributed by atoms with Crippen LogP contribution in [-0.4, -0.2) is 23.3 Å². The van der Waals surface area contributed by atoms with Crippen LogP contribution in [0.5, 0.6) is 0 Å². The second kappa shape index (κ2) is 6.79. The van der Waals surface area contributed by atoms with Crippen molar-refractivity contribution in [3.63, 3.8) is 0 Å². The van der Waals surface area contributed by atoms with E-state index in [-0.39, 0.29) is 30.6 Å². The number of anilines is 2. The summed E-state index contributed by atoms with van der Waals surface area (Å²) in [5.41, 5.74) is 2.12. The molecular weight excluding hydrogens is 353 g/mol. The van der Waals surface area contributed by atoms with Crippen molar-refractivity contribution >= 4 is 34.0 Å². The summed E-state index contributed by atoms with van der Waals surface area (Å²) in [4.78, 5) is 32.1. The number of nitrogens with zero attached hydrogens (tertiary/aromatic N) is 2. The van der Waals surface area contributed by atoms with Crippen LogP contribution in [0.2, 0.25) is 0 Å². The highest BCUT2D eigenvalue weighted by atomic mass is 32.1. The highest BCUT2D eigenvalue weighted by Crippen LogP contribution is 2.31. The lowest BCUT2D eigenvalue weighted by Gasteiger charge is -2.17. The third kappa shape index (κ3) is 3.23. The van der Waals surface area contributed by atoms with Crippen LogP contribution < -0.4 is 10.2 Å². The molecule has 1 atom stereocenters. The Morgan fingerprint density at radius 3 is 2.92 bits per heavy atom. The lowest BCUT2D eigenvalue weighted by atomic mass is 10.0. The molecule has 136 valence electrons. The summed E-state index contributed by atoms with van der Waals surface area (Å²) in [6.07, 6.45) is 4.44. The second-order valence-corrected chi connectivity index (χ2v) is 8.01. The minimum absolute atomic E-state index is 0.131. The Balaban J connectivity index is 1.45. The summed E-state index contributed by atoms with van der Waals surface area (Å²) in [6, 6.07) is 4.71. The van der Waals surface area contributed by atoms with E-state index in [1.165, 1.54) is 33.6 Å². The van der Waals surface area contributed by atoms with Gasteiger partial charge in [-0.25, -0.2) is 9.37 Å². The number of amides is 2. The van der Waals surface area contributed by atoms with Crippen molar-refractivity contribution in [2.45, 2.75) is 39.0 Å². The van der Waals surface area contributed by atoms with E-state index in [1.807, 2.05) is 0 Å². The lowest BCUT2D eigenvalue weighted by Crippen LogP contribution is -2.28. The Hall–Kier alpha value is -2.28. The summed E-state index contributed by atoms with van der Waals surface area (Å²) in [6.45, 7) is 1.94. The molecule has 2 amide bonds. The zero-order valence-corrected chi connectivity index (χ0v) is 15.4. The van der Waals surface area contributed by atoms with Crippen LogP contribution in [0.15, 0.2) is 18.2 Å². The van der Waals surface area contributed by atoms with Crippen molar-refractivity contribution in [2.24, 2.45) is 5.92 Å². The molecule has 0 spiro atoms. The summed E-state index contributed by atoms with van der Waals surface area (Å²) >= 11 is 1.53. The van der Waals surface area contributed by atoms with Crippen LogP contribution in [0.25, 0.3) is 0 Å². The van der Waals surface area contributed by atoms with Crippen molar-refractivity contribution in [1.29, 1.82) is 0 Å². The van der Waals surface area contributed by atoms with Gasteiger partial charge < -0.3 is 10.2 Å². The molecule has 1 unspecified atom stereocenters. The third-order valence-electron chi connectivity index (χ3n) is 5.04. The third-order valence-corrected chi connectivity index (χ3v) is 6.11. The van der Waals surface area contributed by atoms with Crippen molar-refractivity contribution in [1.82, 2.24) is 4.98 Å². The molecule has 0 radical (unpaired) electrons. The van der Waals surface area contributed by atoms with Gasteiger partial charge in [0.15, 0.2) is 5.13 Å². The molecule has 1 aliphatic heterocycles. The number of benzene rings is 1.